The van der Waals surface area contributed by atoms with E-state index < -0.39 is 0 Å². The van der Waals surface area contributed by atoms with Crippen LogP contribution in [0.3, 0.4) is 0 Å². The van der Waals surface area contributed by atoms with Crippen LogP contribution in [0.2, 0.25) is 10.0 Å². The molecular weight excluding hydrogens is 301 g/mol. The summed E-state index contributed by atoms with van der Waals surface area (Å²) in [6.45, 7) is 0.876. The van der Waals surface area contributed by atoms with Gasteiger partial charge in [-0.2, -0.15) is 4.98 Å². The van der Waals surface area contributed by atoms with Crippen molar-refractivity contribution in [2.45, 2.75) is 32.0 Å². The number of hydrogen-bond acceptors (Lipinski definition) is 5. The zero-order valence-electron chi connectivity index (χ0n) is 10.6. The molecule has 3 rings (SSSR count). The van der Waals surface area contributed by atoms with Crippen molar-refractivity contribution in [3.05, 3.63) is 40.0 Å². The number of halogens is 2. The molecule has 0 radical (unpaired) electrons. The molecule has 0 saturated heterocycles. The molecule has 0 amide bonds. The summed E-state index contributed by atoms with van der Waals surface area (Å²) < 4.78 is 10.4. The van der Waals surface area contributed by atoms with E-state index in [1.807, 2.05) is 6.07 Å². The molecule has 0 unspecified atom stereocenters. The first-order valence-corrected chi connectivity index (χ1v) is 7.07. The lowest BCUT2D eigenvalue weighted by atomic mass is 10.2. The van der Waals surface area contributed by atoms with Crippen molar-refractivity contribution in [2.24, 2.45) is 0 Å². The van der Waals surface area contributed by atoms with Crippen LogP contribution in [0, 0.1) is 0 Å². The third kappa shape index (κ3) is 3.42. The van der Waals surface area contributed by atoms with Gasteiger partial charge in [-0.25, -0.2) is 0 Å². The maximum Gasteiger partial charge on any atom is 0.213 e. The van der Waals surface area contributed by atoms with E-state index in [0.29, 0.717) is 34.2 Å². The van der Waals surface area contributed by atoms with Gasteiger partial charge < -0.3 is 14.6 Å². The number of ether oxygens (including phenoxy) is 1. The van der Waals surface area contributed by atoms with E-state index in [-0.39, 0.29) is 6.61 Å². The van der Waals surface area contributed by atoms with Gasteiger partial charge in [0.25, 0.3) is 0 Å². The molecule has 0 bridgehead atoms. The van der Waals surface area contributed by atoms with Crippen LogP contribution in [0.25, 0.3) is 0 Å². The zero-order chi connectivity index (χ0) is 13.9. The second-order valence-corrected chi connectivity index (χ2v) is 5.51. The Kier molecular flexibility index (Phi) is 4.10. The summed E-state index contributed by atoms with van der Waals surface area (Å²) in [7, 11) is 0. The lowest BCUT2D eigenvalue weighted by Gasteiger charge is -2.13. The van der Waals surface area contributed by atoms with Crippen molar-refractivity contribution in [1.82, 2.24) is 15.5 Å². The summed E-state index contributed by atoms with van der Waals surface area (Å²) in [5, 5.41) is 8.18. The minimum absolute atomic E-state index is 0.203. The van der Waals surface area contributed by atoms with Crippen molar-refractivity contribution < 1.29 is 9.26 Å². The quantitative estimate of drug-likeness (QED) is 0.887. The molecule has 7 heteroatoms. The van der Waals surface area contributed by atoms with Gasteiger partial charge in [0.1, 0.15) is 5.75 Å². The van der Waals surface area contributed by atoms with Gasteiger partial charge in [-0.15, -0.1) is 0 Å². The van der Waals surface area contributed by atoms with Gasteiger partial charge in [0.2, 0.25) is 12.2 Å². The summed E-state index contributed by atoms with van der Waals surface area (Å²) in [6, 6.07) is 4.11. The first-order valence-electron chi connectivity index (χ1n) is 6.31. The number of rotatable bonds is 6. The van der Waals surface area contributed by atoms with Crippen LogP contribution in [0.1, 0.15) is 24.2 Å². The van der Waals surface area contributed by atoms with Crippen LogP contribution in [0.4, 0.5) is 0 Å². The molecule has 0 atom stereocenters. The minimum Gasteiger partial charge on any atom is -0.484 e. The van der Waals surface area contributed by atoms with Gasteiger partial charge in [-0.1, -0.05) is 28.4 Å². The molecule has 0 aliphatic heterocycles. The Morgan fingerprint density at radius 2 is 2.20 bits per heavy atom. The molecule has 1 aliphatic rings. The van der Waals surface area contributed by atoms with E-state index in [0.717, 1.165) is 5.56 Å². The highest BCUT2D eigenvalue weighted by Gasteiger charge is 2.21. The fourth-order valence-electron chi connectivity index (χ4n) is 1.84. The third-order valence-electron chi connectivity index (χ3n) is 3.00. The largest absolute Gasteiger partial charge is 0.484 e. The number of nitrogens with one attached hydrogen (secondary N) is 1. The van der Waals surface area contributed by atoms with E-state index >= 15 is 0 Å². The second-order valence-electron chi connectivity index (χ2n) is 4.67. The fourth-order valence-corrected chi connectivity index (χ4v) is 2.43. The number of hydrogen-bond donors (Lipinski definition) is 1. The molecular formula is C13H13Cl2N3O2. The Morgan fingerprint density at radius 3 is 2.90 bits per heavy atom. The monoisotopic (exact) mass is 313 g/mol. The maximum absolute atomic E-state index is 6.20. The van der Waals surface area contributed by atoms with E-state index in [2.05, 4.69) is 20.0 Å². The van der Waals surface area contributed by atoms with Crippen molar-refractivity contribution in [1.29, 1.82) is 0 Å². The fraction of sp³-hybridized carbons (Fsp3) is 0.385. The Bertz CT molecular complexity index is 586. The highest BCUT2D eigenvalue weighted by atomic mass is 35.5. The van der Waals surface area contributed by atoms with Gasteiger partial charge in [0, 0.05) is 23.2 Å². The summed E-state index contributed by atoms with van der Waals surface area (Å²) in [5.74, 6) is 1.08. The molecule has 1 saturated carbocycles. The first kappa shape index (κ1) is 13.7. The first-order chi connectivity index (χ1) is 9.72. The number of aromatic nitrogens is 2. The molecule has 1 aromatic heterocycles. The molecule has 20 heavy (non-hydrogen) atoms. The maximum atomic E-state index is 6.20. The van der Waals surface area contributed by atoms with Crippen LogP contribution in [0.15, 0.2) is 23.0 Å². The molecule has 1 N–H and O–H groups in total. The van der Waals surface area contributed by atoms with Crippen LogP contribution >= 0.6 is 23.2 Å². The predicted molar refractivity (Wildman–Crippen MR) is 75.0 cm³/mol. The number of benzene rings is 1. The average molecular weight is 314 g/mol. The van der Waals surface area contributed by atoms with Crippen LogP contribution < -0.4 is 10.1 Å². The average Bonchev–Trinajstić information content (AvgIpc) is 3.10. The van der Waals surface area contributed by atoms with E-state index in [1.54, 1.807) is 6.07 Å². The Balaban J connectivity index is 1.75. The van der Waals surface area contributed by atoms with Gasteiger partial charge in [-0.3, -0.25) is 0 Å². The summed E-state index contributed by atoms with van der Waals surface area (Å²) in [4.78, 5) is 3.90. The van der Waals surface area contributed by atoms with Crippen molar-refractivity contribution >= 4 is 23.2 Å². The Hall–Kier alpha value is -1.30. The van der Waals surface area contributed by atoms with Gasteiger partial charge >= 0.3 is 0 Å². The molecule has 1 aromatic carbocycles. The zero-order valence-corrected chi connectivity index (χ0v) is 12.1. The Labute approximate surface area is 126 Å². The lowest BCUT2D eigenvalue weighted by Crippen LogP contribution is -2.16. The molecule has 1 fully saturated rings. The van der Waals surface area contributed by atoms with Crippen molar-refractivity contribution in [3.63, 3.8) is 0 Å². The molecule has 1 heterocycles. The third-order valence-corrected chi connectivity index (χ3v) is 3.50. The highest BCUT2D eigenvalue weighted by Crippen LogP contribution is 2.33. The molecule has 106 valence electrons. The van der Waals surface area contributed by atoms with Crippen molar-refractivity contribution in [2.75, 3.05) is 0 Å². The number of nitrogens with zero attached hydrogens (tertiary/aromatic N) is 2. The predicted octanol–water partition coefficient (Wildman–Crippen LogP) is 3.21. The van der Waals surface area contributed by atoms with Crippen molar-refractivity contribution in [3.8, 4) is 5.75 Å². The van der Waals surface area contributed by atoms with E-state index in [1.165, 1.54) is 19.2 Å². The summed E-state index contributed by atoms with van der Waals surface area (Å²) >= 11 is 12.2. The highest BCUT2D eigenvalue weighted by molar-refractivity contribution is 6.35. The smallest absolute Gasteiger partial charge is 0.213 e. The van der Waals surface area contributed by atoms with Gasteiger partial charge in [0.05, 0.1) is 5.02 Å². The summed E-state index contributed by atoms with van der Waals surface area (Å²) in [6.07, 6.45) is 3.69. The lowest BCUT2D eigenvalue weighted by molar-refractivity contribution is 0.283. The van der Waals surface area contributed by atoms with E-state index in [9.17, 15) is 0 Å². The molecule has 1 aliphatic carbocycles. The van der Waals surface area contributed by atoms with E-state index in [4.69, 9.17) is 27.9 Å². The second kappa shape index (κ2) is 5.99. The standard InChI is InChI=1S/C13H13Cl2N3O2/c14-9-3-8(5-16-10-1-2-10)13(11(15)4-9)19-6-12-17-7-20-18-12/h3-4,7,10,16H,1-2,5-6H2. The van der Waals surface area contributed by atoms with Crippen LogP contribution in [-0.4, -0.2) is 16.2 Å². The normalized spacial score (nSPS) is 14.5. The Morgan fingerprint density at radius 1 is 1.35 bits per heavy atom. The molecule has 2 aromatic rings. The molecule has 0 spiro atoms. The van der Waals surface area contributed by atoms with Crippen LogP contribution in [0.5, 0.6) is 5.75 Å². The van der Waals surface area contributed by atoms with Gasteiger partial charge in [-0.05, 0) is 25.0 Å². The summed E-state index contributed by atoms with van der Waals surface area (Å²) in [5.41, 5.74) is 0.929. The SMILES string of the molecule is Clc1cc(Cl)c(OCc2ncon2)c(CNC2CC2)c1. The minimum atomic E-state index is 0.203. The topological polar surface area (TPSA) is 60.2 Å². The molecule has 5 nitrogen and oxygen atoms in total. The van der Waals surface area contributed by atoms with Gasteiger partial charge in [0.15, 0.2) is 6.61 Å². The van der Waals surface area contributed by atoms with Crippen LogP contribution in [-0.2, 0) is 13.2 Å².